The summed E-state index contributed by atoms with van der Waals surface area (Å²) in [6.45, 7) is 6.04. The van der Waals surface area contributed by atoms with Gasteiger partial charge in [-0.15, -0.1) is 0 Å². The zero-order valence-corrected chi connectivity index (χ0v) is 14.7. The maximum Gasteiger partial charge on any atom is 0.358 e. The van der Waals surface area contributed by atoms with Gasteiger partial charge in [-0.1, -0.05) is 55.6 Å². The number of esters is 2. The molecular formula is C14H19Cl3O4. The van der Waals surface area contributed by atoms with Crippen molar-refractivity contribution in [3.8, 4) is 0 Å². The molecule has 0 aromatic carbocycles. The SMILES string of the molecule is COC(=O)[C@@]12CC[C@@](C)([C@H](OC(=O)C(Cl)(Cl)Cl)C1)C2(C)C. The van der Waals surface area contributed by atoms with Gasteiger partial charge in [0.2, 0.25) is 0 Å². The average Bonchev–Trinajstić information content (AvgIpc) is 2.67. The van der Waals surface area contributed by atoms with Crippen LogP contribution in [0.1, 0.15) is 40.0 Å². The molecule has 0 aromatic rings. The highest BCUT2D eigenvalue weighted by Gasteiger charge is 2.74. The number of carbonyl (C=O) groups excluding carboxylic acids is 2. The smallest absolute Gasteiger partial charge is 0.358 e. The second-order valence-corrected chi connectivity index (χ2v) is 8.99. The normalized spacial score (nSPS) is 37.4. The number of rotatable bonds is 2. The molecule has 0 spiro atoms. The number of fused-ring (bicyclic) bond motifs is 2. The monoisotopic (exact) mass is 356 g/mol. The first-order valence-electron chi connectivity index (χ1n) is 6.78. The van der Waals surface area contributed by atoms with Crippen LogP contribution in [0.5, 0.6) is 0 Å². The fourth-order valence-electron chi connectivity index (χ4n) is 4.11. The van der Waals surface area contributed by atoms with Gasteiger partial charge in [0.25, 0.3) is 3.79 Å². The Morgan fingerprint density at radius 1 is 1.14 bits per heavy atom. The van der Waals surface area contributed by atoms with Crippen molar-refractivity contribution >= 4 is 46.7 Å². The van der Waals surface area contributed by atoms with Crippen molar-refractivity contribution in [1.82, 2.24) is 0 Å². The molecule has 2 aliphatic carbocycles. The summed E-state index contributed by atoms with van der Waals surface area (Å²) in [6, 6.07) is 0. The Hall–Kier alpha value is -0.190. The van der Waals surface area contributed by atoms with Crippen LogP contribution in [-0.4, -0.2) is 28.9 Å². The van der Waals surface area contributed by atoms with Gasteiger partial charge in [0.15, 0.2) is 0 Å². The molecule has 2 saturated carbocycles. The number of hydrogen-bond donors (Lipinski definition) is 0. The molecule has 0 amide bonds. The van der Waals surface area contributed by atoms with Crippen LogP contribution >= 0.6 is 34.8 Å². The lowest BCUT2D eigenvalue weighted by Crippen LogP contribution is -2.42. The Bertz CT molecular complexity index is 485. The molecule has 2 bridgehead atoms. The van der Waals surface area contributed by atoms with Crippen LogP contribution in [0.15, 0.2) is 0 Å². The lowest BCUT2D eigenvalue weighted by atomic mass is 9.65. The first-order valence-corrected chi connectivity index (χ1v) is 7.92. The first kappa shape index (κ1) is 17.2. The molecule has 0 unspecified atom stereocenters. The van der Waals surface area contributed by atoms with E-state index in [-0.39, 0.29) is 16.8 Å². The second kappa shape index (κ2) is 4.90. The summed E-state index contributed by atoms with van der Waals surface area (Å²) in [4.78, 5) is 24.2. The average molecular weight is 358 g/mol. The van der Waals surface area contributed by atoms with Gasteiger partial charge in [-0.05, 0) is 18.3 Å². The van der Waals surface area contributed by atoms with Crippen LogP contribution in [0.3, 0.4) is 0 Å². The van der Waals surface area contributed by atoms with E-state index >= 15 is 0 Å². The fraction of sp³-hybridized carbons (Fsp3) is 0.857. The molecule has 7 heteroatoms. The Labute approximate surface area is 139 Å². The second-order valence-electron chi connectivity index (χ2n) is 6.71. The lowest BCUT2D eigenvalue weighted by Gasteiger charge is -2.40. The van der Waals surface area contributed by atoms with Crippen LogP contribution in [0.25, 0.3) is 0 Å². The van der Waals surface area contributed by atoms with E-state index in [2.05, 4.69) is 0 Å². The molecule has 2 rings (SSSR count). The number of carbonyl (C=O) groups is 2. The van der Waals surface area contributed by atoms with E-state index in [1.807, 2.05) is 20.8 Å². The topological polar surface area (TPSA) is 52.6 Å². The third kappa shape index (κ3) is 2.17. The molecule has 0 heterocycles. The number of methoxy groups -OCH3 is 1. The van der Waals surface area contributed by atoms with Crippen LogP contribution in [0.2, 0.25) is 0 Å². The van der Waals surface area contributed by atoms with Crippen LogP contribution in [0, 0.1) is 16.2 Å². The van der Waals surface area contributed by atoms with E-state index in [0.29, 0.717) is 12.8 Å². The maximum atomic E-state index is 12.3. The Morgan fingerprint density at radius 3 is 2.19 bits per heavy atom. The van der Waals surface area contributed by atoms with Gasteiger partial charge in [-0.2, -0.15) is 0 Å². The van der Waals surface area contributed by atoms with Gasteiger partial charge >= 0.3 is 11.9 Å². The molecule has 3 atom stereocenters. The van der Waals surface area contributed by atoms with Crippen molar-refractivity contribution in [2.45, 2.75) is 49.9 Å². The molecule has 0 aromatic heterocycles. The van der Waals surface area contributed by atoms with Crippen molar-refractivity contribution in [3.63, 3.8) is 0 Å². The van der Waals surface area contributed by atoms with Crippen molar-refractivity contribution in [2.75, 3.05) is 7.11 Å². The van der Waals surface area contributed by atoms with Crippen LogP contribution < -0.4 is 0 Å². The highest BCUT2D eigenvalue weighted by Crippen LogP contribution is 2.73. The minimum Gasteiger partial charge on any atom is -0.469 e. The molecular weight excluding hydrogens is 339 g/mol. The quantitative estimate of drug-likeness (QED) is 0.559. The summed E-state index contributed by atoms with van der Waals surface area (Å²) >= 11 is 16.7. The standard InChI is InChI=1S/C14H19Cl3O4/c1-11(2)12(3)5-6-13(11,9(18)20-4)7-8(12)21-10(19)14(15,16)17/h8H,5-7H2,1-4H3/t8-,12+,13-/m1/s1. The zero-order chi connectivity index (χ0) is 16.3. The molecule has 0 aliphatic heterocycles. The summed E-state index contributed by atoms with van der Waals surface area (Å²) < 4.78 is 8.31. The van der Waals surface area contributed by atoms with E-state index in [1.54, 1.807) is 0 Å². The minimum atomic E-state index is -2.11. The molecule has 120 valence electrons. The van der Waals surface area contributed by atoms with E-state index in [0.717, 1.165) is 6.42 Å². The molecule has 0 saturated heterocycles. The lowest BCUT2D eigenvalue weighted by molar-refractivity contribution is -0.160. The van der Waals surface area contributed by atoms with Crippen molar-refractivity contribution < 1.29 is 19.1 Å². The summed E-state index contributed by atoms with van der Waals surface area (Å²) in [5.74, 6) is -1.16. The highest BCUT2D eigenvalue weighted by molar-refractivity contribution is 6.75. The van der Waals surface area contributed by atoms with Crippen LogP contribution in [0.4, 0.5) is 0 Å². The zero-order valence-electron chi connectivity index (χ0n) is 12.5. The van der Waals surface area contributed by atoms with E-state index in [9.17, 15) is 9.59 Å². The first-order chi connectivity index (χ1) is 9.42. The molecule has 4 nitrogen and oxygen atoms in total. The van der Waals surface area contributed by atoms with Crippen molar-refractivity contribution in [3.05, 3.63) is 0 Å². The van der Waals surface area contributed by atoms with E-state index in [4.69, 9.17) is 44.3 Å². The summed E-state index contributed by atoms with van der Waals surface area (Å²) in [7, 11) is 1.38. The molecule has 0 radical (unpaired) electrons. The number of hydrogen-bond acceptors (Lipinski definition) is 4. The summed E-state index contributed by atoms with van der Waals surface area (Å²) in [5.41, 5.74) is -1.38. The number of alkyl halides is 3. The number of halogens is 3. The van der Waals surface area contributed by atoms with Crippen LogP contribution in [-0.2, 0) is 19.1 Å². The van der Waals surface area contributed by atoms with Crippen molar-refractivity contribution in [1.29, 1.82) is 0 Å². The Morgan fingerprint density at radius 2 is 1.71 bits per heavy atom. The predicted octanol–water partition coefficient (Wildman–Crippen LogP) is 3.66. The van der Waals surface area contributed by atoms with Gasteiger partial charge in [0, 0.05) is 11.8 Å². The third-order valence-corrected chi connectivity index (χ3v) is 6.46. The van der Waals surface area contributed by atoms with E-state index < -0.39 is 21.3 Å². The van der Waals surface area contributed by atoms with Gasteiger partial charge in [0.05, 0.1) is 12.5 Å². The maximum absolute atomic E-state index is 12.3. The Balaban J connectivity index is 2.34. The molecule has 0 N–H and O–H groups in total. The summed E-state index contributed by atoms with van der Waals surface area (Å²) in [6.07, 6.45) is 1.40. The Kier molecular flexibility index (Phi) is 4.01. The third-order valence-electron chi connectivity index (χ3n) is 6.00. The predicted molar refractivity (Wildman–Crippen MR) is 80.4 cm³/mol. The van der Waals surface area contributed by atoms with Gasteiger partial charge < -0.3 is 9.47 Å². The van der Waals surface area contributed by atoms with Crippen molar-refractivity contribution in [2.24, 2.45) is 16.2 Å². The summed E-state index contributed by atoms with van der Waals surface area (Å²) in [5, 5.41) is 0. The number of ether oxygens (including phenoxy) is 2. The fourth-order valence-corrected chi connectivity index (χ4v) is 4.24. The van der Waals surface area contributed by atoms with Gasteiger partial charge in [-0.3, -0.25) is 4.79 Å². The highest BCUT2D eigenvalue weighted by atomic mass is 35.6. The molecule has 2 aliphatic rings. The van der Waals surface area contributed by atoms with E-state index in [1.165, 1.54) is 7.11 Å². The molecule has 21 heavy (non-hydrogen) atoms. The largest absolute Gasteiger partial charge is 0.469 e. The van der Waals surface area contributed by atoms with Gasteiger partial charge in [0.1, 0.15) is 6.10 Å². The van der Waals surface area contributed by atoms with Gasteiger partial charge in [-0.25, -0.2) is 4.79 Å². The minimum absolute atomic E-state index is 0.261. The molecule has 2 fully saturated rings.